The van der Waals surface area contributed by atoms with Crippen molar-refractivity contribution in [1.82, 2.24) is 9.97 Å². The fourth-order valence-electron chi connectivity index (χ4n) is 1.37. The van der Waals surface area contributed by atoms with Crippen molar-refractivity contribution in [3.05, 3.63) is 34.3 Å². The third kappa shape index (κ3) is 3.55. The summed E-state index contributed by atoms with van der Waals surface area (Å²) in [4.78, 5) is 7.91. The van der Waals surface area contributed by atoms with E-state index in [1.165, 1.54) is 11.3 Å². The minimum absolute atomic E-state index is 0.0588. The monoisotopic (exact) mass is 289 g/mol. The average molecular weight is 289 g/mol. The lowest BCUT2D eigenvalue weighted by Gasteiger charge is -2.11. The second-order valence-electron chi connectivity index (χ2n) is 3.55. The molecule has 0 unspecified atom stereocenters. The molecule has 0 aliphatic rings. The molecule has 0 aliphatic carbocycles. The largest absolute Gasteiger partial charge is 0.416 e. The van der Waals surface area contributed by atoms with Crippen LogP contribution in [0.1, 0.15) is 10.6 Å². The number of alkyl halides is 3. The highest BCUT2D eigenvalue weighted by atomic mass is 32.1. The fraction of sp³-hybridized carbons (Fsp3) is 0.200. The first kappa shape index (κ1) is 13.6. The number of nitrogens with zero attached hydrogens (tertiary/aromatic N) is 2. The van der Waals surface area contributed by atoms with Crippen LogP contribution in [0.15, 0.2) is 23.7 Å². The number of aromatic nitrogens is 2. The molecule has 0 aliphatic heterocycles. The Morgan fingerprint density at radius 2 is 2.00 bits per heavy atom. The topological polar surface area (TPSA) is 75.9 Å². The lowest BCUT2D eigenvalue weighted by atomic mass is 10.2. The summed E-state index contributed by atoms with van der Waals surface area (Å²) in [7, 11) is 0. The molecule has 0 bridgehead atoms. The third-order valence-electron chi connectivity index (χ3n) is 2.20. The second kappa shape index (κ2) is 5.41. The Kier molecular flexibility index (Phi) is 3.86. The highest BCUT2D eigenvalue weighted by molar-refractivity contribution is 7.09. The second-order valence-corrected chi connectivity index (χ2v) is 4.53. The summed E-state index contributed by atoms with van der Waals surface area (Å²) < 4.78 is 38.0. The third-order valence-corrected chi connectivity index (χ3v) is 2.98. The van der Waals surface area contributed by atoms with E-state index in [-0.39, 0.29) is 11.6 Å². The van der Waals surface area contributed by atoms with Gasteiger partial charge in [0.25, 0.3) is 0 Å². The molecule has 4 N–H and O–H groups in total. The van der Waals surface area contributed by atoms with Gasteiger partial charge in [-0.2, -0.15) is 13.2 Å². The first-order chi connectivity index (χ1) is 8.99. The molecule has 0 aromatic carbocycles. The van der Waals surface area contributed by atoms with E-state index in [4.69, 9.17) is 5.84 Å². The first-order valence-electron chi connectivity index (χ1n) is 5.17. The van der Waals surface area contributed by atoms with E-state index >= 15 is 0 Å². The van der Waals surface area contributed by atoms with E-state index in [1.54, 1.807) is 11.6 Å². The van der Waals surface area contributed by atoms with Gasteiger partial charge in [0.05, 0.1) is 12.1 Å². The Labute approximate surface area is 110 Å². The highest BCUT2D eigenvalue weighted by Crippen LogP contribution is 2.31. The number of hydrogen-bond acceptors (Lipinski definition) is 6. The lowest BCUT2D eigenvalue weighted by molar-refractivity contribution is -0.137. The molecular weight excluding hydrogens is 279 g/mol. The maximum absolute atomic E-state index is 12.7. The number of rotatable bonds is 4. The molecule has 0 atom stereocenters. The predicted molar refractivity (Wildman–Crippen MR) is 66.5 cm³/mol. The lowest BCUT2D eigenvalue weighted by Crippen LogP contribution is -2.13. The molecule has 0 fully saturated rings. The van der Waals surface area contributed by atoms with E-state index in [0.717, 1.165) is 17.1 Å². The summed E-state index contributed by atoms with van der Waals surface area (Å²) >= 11 is 1.40. The fourth-order valence-corrected chi connectivity index (χ4v) is 1.92. The van der Waals surface area contributed by atoms with Crippen molar-refractivity contribution in [2.75, 3.05) is 10.7 Å². The maximum atomic E-state index is 12.7. The van der Waals surface area contributed by atoms with E-state index < -0.39 is 11.7 Å². The number of pyridine rings is 1. The summed E-state index contributed by atoms with van der Waals surface area (Å²) in [5.41, 5.74) is 1.29. The van der Waals surface area contributed by atoms with Crippen LogP contribution in [0.5, 0.6) is 0 Å². The number of nitrogen functional groups attached to an aromatic ring is 1. The zero-order valence-corrected chi connectivity index (χ0v) is 10.3. The molecular formula is C10H10F3N5S. The number of thiazole rings is 1. The molecule has 0 saturated heterocycles. The first-order valence-corrected chi connectivity index (χ1v) is 6.05. The molecule has 102 valence electrons. The predicted octanol–water partition coefficient (Wildman–Crippen LogP) is 2.45. The Morgan fingerprint density at radius 3 is 2.58 bits per heavy atom. The Bertz CT molecular complexity index is 541. The van der Waals surface area contributed by atoms with Gasteiger partial charge in [0.2, 0.25) is 0 Å². The number of hydrazine groups is 1. The van der Waals surface area contributed by atoms with Gasteiger partial charge >= 0.3 is 6.18 Å². The van der Waals surface area contributed by atoms with Crippen molar-refractivity contribution in [2.45, 2.75) is 12.7 Å². The molecule has 5 nitrogen and oxygen atoms in total. The molecule has 0 spiro atoms. The number of nitrogens with one attached hydrogen (secondary N) is 2. The van der Waals surface area contributed by atoms with Crippen molar-refractivity contribution >= 4 is 23.0 Å². The Hall–Kier alpha value is -1.87. The molecule has 0 radical (unpaired) electrons. The van der Waals surface area contributed by atoms with E-state index in [2.05, 4.69) is 20.7 Å². The standard InChI is InChI=1S/C10H10F3N5S/c11-10(12,13)6-3-7(17-8(4-6)18-14)16-5-9-15-1-2-19-9/h1-4H,5,14H2,(H2,16,17,18). The van der Waals surface area contributed by atoms with Crippen molar-refractivity contribution < 1.29 is 13.2 Å². The summed E-state index contributed by atoms with van der Waals surface area (Å²) in [6.07, 6.45) is -2.83. The molecule has 2 aromatic rings. The molecule has 2 aromatic heterocycles. The van der Waals surface area contributed by atoms with Gasteiger partial charge in [0.15, 0.2) is 0 Å². The van der Waals surface area contributed by atoms with Gasteiger partial charge in [0, 0.05) is 11.6 Å². The Morgan fingerprint density at radius 1 is 1.26 bits per heavy atom. The molecule has 0 saturated carbocycles. The molecule has 2 heterocycles. The minimum atomic E-state index is -4.45. The highest BCUT2D eigenvalue weighted by Gasteiger charge is 2.31. The number of nitrogens with two attached hydrogens (primary N) is 1. The van der Waals surface area contributed by atoms with Crippen LogP contribution in [0.3, 0.4) is 0 Å². The van der Waals surface area contributed by atoms with Gasteiger partial charge in [-0.15, -0.1) is 11.3 Å². The van der Waals surface area contributed by atoms with Gasteiger partial charge in [-0.25, -0.2) is 15.8 Å². The van der Waals surface area contributed by atoms with Crippen molar-refractivity contribution in [1.29, 1.82) is 0 Å². The number of halogens is 3. The van der Waals surface area contributed by atoms with E-state index in [0.29, 0.717) is 6.54 Å². The van der Waals surface area contributed by atoms with Crippen LogP contribution in [0.2, 0.25) is 0 Å². The van der Waals surface area contributed by atoms with Gasteiger partial charge in [-0.1, -0.05) is 0 Å². The molecule has 9 heteroatoms. The van der Waals surface area contributed by atoms with E-state index in [9.17, 15) is 13.2 Å². The summed E-state index contributed by atoms with van der Waals surface area (Å²) in [6, 6.07) is 1.77. The van der Waals surface area contributed by atoms with Gasteiger partial charge in [-0.05, 0) is 12.1 Å². The molecule has 0 amide bonds. The summed E-state index contributed by atoms with van der Waals surface area (Å²) in [5, 5.41) is 5.31. The summed E-state index contributed by atoms with van der Waals surface area (Å²) in [5.74, 6) is 5.13. The van der Waals surface area contributed by atoms with Gasteiger partial charge in [0.1, 0.15) is 16.6 Å². The number of hydrogen-bond donors (Lipinski definition) is 3. The maximum Gasteiger partial charge on any atom is 0.416 e. The van der Waals surface area contributed by atoms with Crippen molar-refractivity contribution in [3.63, 3.8) is 0 Å². The SMILES string of the molecule is NNc1cc(C(F)(F)F)cc(NCc2nccs2)n1. The van der Waals surface area contributed by atoms with Crippen LogP contribution in [0.25, 0.3) is 0 Å². The van der Waals surface area contributed by atoms with Crippen molar-refractivity contribution in [2.24, 2.45) is 5.84 Å². The number of anilines is 2. The molecule has 19 heavy (non-hydrogen) atoms. The van der Waals surface area contributed by atoms with Gasteiger partial charge < -0.3 is 10.7 Å². The quantitative estimate of drug-likeness (QED) is 0.595. The van der Waals surface area contributed by atoms with E-state index in [1.807, 2.05) is 0 Å². The zero-order chi connectivity index (χ0) is 13.9. The van der Waals surface area contributed by atoms with Gasteiger partial charge in [-0.3, -0.25) is 0 Å². The van der Waals surface area contributed by atoms with Crippen LogP contribution >= 0.6 is 11.3 Å². The zero-order valence-electron chi connectivity index (χ0n) is 9.53. The van der Waals surface area contributed by atoms with Crippen LogP contribution in [0, 0.1) is 0 Å². The van der Waals surface area contributed by atoms with Crippen LogP contribution in [0.4, 0.5) is 24.8 Å². The Balaban J connectivity index is 2.19. The molecule has 2 rings (SSSR count). The smallest absolute Gasteiger partial charge is 0.363 e. The normalized spacial score (nSPS) is 11.4. The van der Waals surface area contributed by atoms with Crippen LogP contribution in [-0.2, 0) is 12.7 Å². The average Bonchev–Trinajstić information content (AvgIpc) is 2.88. The van der Waals surface area contributed by atoms with Crippen molar-refractivity contribution in [3.8, 4) is 0 Å². The minimum Gasteiger partial charge on any atom is -0.363 e. The van der Waals surface area contributed by atoms with Crippen LogP contribution < -0.4 is 16.6 Å². The van der Waals surface area contributed by atoms with Crippen LogP contribution in [-0.4, -0.2) is 9.97 Å². The summed E-state index contributed by atoms with van der Waals surface area (Å²) in [6.45, 7) is 0.302.